The van der Waals surface area contributed by atoms with Crippen LogP contribution in [0, 0.1) is 11.3 Å². The van der Waals surface area contributed by atoms with Crippen LogP contribution in [0.5, 0.6) is 0 Å². The average Bonchev–Trinajstić information content (AvgIpc) is 3.03. The molecule has 1 N–H and O–H groups in total. The summed E-state index contributed by atoms with van der Waals surface area (Å²) in [6.45, 7) is 8.63. The summed E-state index contributed by atoms with van der Waals surface area (Å²) in [4.78, 5) is 23.9. The Morgan fingerprint density at radius 1 is 1.27 bits per heavy atom. The normalized spacial score (nSPS) is 20.5. The Hall–Kier alpha value is -2.40. The fourth-order valence-electron chi connectivity index (χ4n) is 3.79. The summed E-state index contributed by atoms with van der Waals surface area (Å²) in [5, 5.41) is 12.7. The highest BCUT2D eigenvalue weighted by molar-refractivity contribution is 5.84. The zero-order chi connectivity index (χ0) is 18.8. The SMILES string of the molecule is CC[C@@H]1CN(c2nc(=O)n(C)c3c2nc(CC#N)n3CC)[C@@H](CC)CN1. The van der Waals surface area contributed by atoms with Crippen LogP contribution in [0.25, 0.3) is 11.2 Å². The van der Waals surface area contributed by atoms with Gasteiger partial charge in [-0.3, -0.25) is 4.57 Å². The third-order valence-electron chi connectivity index (χ3n) is 5.33. The first-order chi connectivity index (χ1) is 12.5. The molecule has 2 aromatic rings. The number of hydrogen-bond donors (Lipinski definition) is 1. The lowest BCUT2D eigenvalue weighted by Crippen LogP contribution is -2.57. The molecule has 0 amide bonds. The predicted octanol–water partition coefficient (Wildman–Crippen LogP) is 1.18. The van der Waals surface area contributed by atoms with E-state index in [1.54, 1.807) is 7.05 Å². The fraction of sp³-hybridized carbons (Fsp3) is 0.667. The van der Waals surface area contributed by atoms with E-state index >= 15 is 0 Å². The zero-order valence-electron chi connectivity index (χ0n) is 16.0. The van der Waals surface area contributed by atoms with Crippen LogP contribution in [0.3, 0.4) is 0 Å². The summed E-state index contributed by atoms with van der Waals surface area (Å²) in [7, 11) is 1.72. The van der Waals surface area contributed by atoms with Gasteiger partial charge in [0.05, 0.1) is 12.5 Å². The van der Waals surface area contributed by atoms with Gasteiger partial charge in [0.1, 0.15) is 17.0 Å². The molecule has 1 aliphatic rings. The number of aryl methyl sites for hydroxylation is 2. The number of nitrogens with zero attached hydrogens (tertiary/aromatic N) is 6. The highest BCUT2D eigenvalue weighted by atomic mass is 16.1. The van der Waals surface area contributed by atoms with E-state index < -0.39 is 0 Å². The van der Waals surface area contributed by atoms with Crippen LogP contribution in [0.2, 0.25) is 0 Å². The van der Waals surface area contributed by atoms with Crippen molar-refractivity contribution in [3.63, 3.8) is 0 Å². The molecule has 0 radical (unpaired) electrons. The molecule has 0 aliphatic carbocycles. The van der Waals surface area contributed by atoms with E-state index in [0.29, 0.717) is 24.2 Å². The molecule has 1 fully saturated rings. The molecule has 0 saturated carbocycles. The van der Waals surface area contributed by atoms with Crippen LogP contribution in [0.1, 0.15) is 39.4 Å². The molecule has 2 aromatic heterocycles. The van der Waals surface area contributed by atoms with E-state index in [9.17, 15) is 4.79 Å². The van der Waals surface area contributed by atoms with E-state index in [4.69, 9.17) is 10.2 Å². The van der Waals surface area contributed by atoms with Crippen molar-refractivity contribution in [2.75, 3.05) is 18.0 Å². The molecule has 8 nitrogen and oxygen atoms in total. The molecule has 2 atom stereocenters. The van der Waals surface area contributed by atoms with Crippen molar-refractivity contribution in [3.05, 3.63) is 16.3 Å². The molecule has 140 valence electrons. The molecule has 0 aromatic carbocycles. The molecule has 26 heavy (non-hydrogen) atoms. The Morgan fingerprint density at radius 3 is 2.65 bits per heavy atom. The van der Waals surface area contributed by atoms with E-state index in [-0.39, 0.29) is 18.2 Å². The summed E-state index contributed by atoms with van der Waals surface area (Å²) >= 11 is 0. The summed E-state index contributed by atoms with van der Waals surface area (Å²) in [6, 6.07) is 2.81. The standard InChI is InChI=1S/C18H27N7O/c1-5-12-11-25(13(6-2)10-20-12)16-15-17(23(4)18(26)22-16)24(7-3)14(21-15)8-9-19/h12-13,20H,5-8,10-11H2,1-4H3/t12-,13+/m1/s1. The number of imidazole rings is 1. The van der Waals surface area contributed by atoms with Crippen LogP contribution in [-0.4, -0.2) is 44.3 Å². The van der Waals surface area contributed by atoms with Crippen LogP contribution >= 0.6 is 0 Å². The van der Waals surface area contributed by atoms with Crippen molar-refractivity contribution >= 4 is 17.0 Å². The third-order valence-corrected chi connectivity index (χ3v) is 5.33. The van der Waals surface area contributed by atoms with E-state index in [1.807, 2.05) is 11.5 Å². The third kappa shape index (κ3) is 2.97. The predicted molar refractivity (Wildman–Crippen MR) is 101 cm³/mol. The van der Waals surface area contributed by atoms with Crippen LogP contribution in [0.4, 0.5) is 5.82 Å². The molecule has 0 unspecified atom stereocenters. The molecule has 0 spiro atoms. The minimum absolute atomic E-state index is 0.215. The maximum Gasteiger partial charge on any atom is 0.350 e. The van der Waals surface area contributed by atoms with E-state index in [2.05, 4.69) is 35.1 Å². The molecular weight excluding hydrogens is 330 g/mol. The molecule has 0 bridgehead atoms. The summed E-state index contributed by atoms with van der Waals surface area (Å²) in [5.41, 5.74) is 1.18. The maximum atomic E-state index is 12.6. The number of nitriles is 1. The van der Waals surface area contributed by atoms with Gasteiger partial charge in [-0.05, 0) is 19.8 Å². The molecule has 8 heteroatoms. The number of hydrogen-bond acceptors (Lipinski definition) is 6. The Balaban J connectivity index is 2.24. The Kier molecular flexibility index (Phi) is 5.28. The van der Waals surface area contributed by atoms with E-state index in [1.165, 1.54) is 4.57 Å². The second-order valence-corrected chi connectivity index (χ2v) is 6.78. The van der Waals surface area contributed by atoms with Gasteiger partial charge in [-0.25, -0.2) is 9.78 Å². The molecule has 3 heterocycles. The van der Waals surface area contributed by atoms with Crippen LogP contribution < -0.4 is 15.9 Å². The van der Waals surface area contributed by atoms with Gasteiger partial charge in [0, 0.05) is 38.8 Å². The van der Waals surface area contributed by atoms with Crippen molar-refractivity contribution in [3.8, 4) is 6.07 Å². The lowest BCUT2D eigenvalue weighted by atomic mass is 10.1. The minimum atomic E-state index is -0.285. The van der Waals surface area contributed by atoms with Crippen molar-refractivity contribution < 1.29 is 0 Å². The Bertz CT molecular complexity index is 892. The van der Waals surface area contributed by atoms with Crippen molar-refractivity contribution in [2.45, 2.75) is 58.7 Å². The first-order valence-electron chi connectivity index (χ1n) is 9.38. The highest BCUT2D eigenvalue weighted by Crippen LogP contribution is 2.27. The molecular formula is C18H27N7O. The quantitative estimate of drug-likeness (QED) is 0.864. The number of aromatic nitrogens is 4. The van der Waals surface area contributed by atoms with Crippen molar-refractivity contribution in [2.24, 2.45) is 7.05 Å². The largest absolute Gasteiger partial charge is 0.350 e. The topological polar surface area (TPSA) is 91.8 Å². The first kappa shape index (κ1) is 18.4. The summed E-state index contributed by atoms with van der Waals surface area (Å²) in [5.74, 6) is 1.34. The molecule has 3 rings (SSSR count). The monoisotopic (exact) mass is 357 g/mol. The van der Waals surface area contributed by atoms with Crippen molar-refractivity contribution in [1.29, 1.82) is 5.26 Å². The zero-order valence-corrected chi connectivity index (χ0v) is 16.0. The Labute approximate surface area is 153 Å². The average molecular weight is 357 g/mol. The van der Waals surface area contributed by atoms with Gasteiger partial charge in [-0.15, -0.1) is 0 Å². The van der Waals surface area contributed by atoms with Crippen LogP contribution in [0.15, 0.2) is 4.79 Å². The number of rotatable bonds is 5. The number of fused-ring (bicyclic) bond motifs is 1. The van der Waals surface area contributed by atoms with Crippen molar-refractivity contribution in [1.82, 2.24) is 24.4 Å². The highest BCUT2D eigenvalue weighted by Gasteiger charge is 2.30. The number of piperazine rings is 1. The van der Waals surface area contributed by atoms with E-state index in [0.717, 1.165) is 37.1 Å². The van der Waals surface area contributed by atoms with Gasteiger partial charge in [0.25, 0.3) is 0 Å². The first-order valence-corrected chi connectivity index (χ1v) is 9.38. The van der Waals surface area contributed by atoms with Gasteiger partial charge in [-0.1, -0.05) is 13.8 Å². The van der Waals surface area contributed by atoms with Gasteiger partial charge in [0.2, 0.25) is 0 Å². The lowest BCUT2D eigenvalue weighted by molar-refractivity contribution is 0.377. The smallest absolute Gasteiger partial charge is 0.349 e. The van der Waals surface area contributed by atoms with Gasteiger partial charge in [0.15, 0.2) is 5.82 Å². The number of nitrogens with one attached hydrogen (secondary N) is 1. The molecule has 1 aliphatic heterocycles. The summed E-state index contributed by atoms with van der Waals surface area (Å²) < 4.78 is 3.49. The van der Waals surface area contributed by atoms with Crippen LogP contribution in [-0.2, 0) is 20.0 Å². The molecule has 1 saturated heterocycles. The second-order valence-electron chi connectivity index (χ2n) is 6.78. The Morgan fingerprint density at radius 2 is 2.04 bits per heavy atom. The maximum absolute atomic E-state index is 12.6. The number of anilines is 1. The minimum Gasteiger partial charge on any atom is -0.349 e. The lowest BCUT2D eigenvalue weighted by Gasteiger charge is -2.40. The van der Waals surface area contributed by atoms with Gasteiger partial charge < -0.3 is 14.8 Å². The summed E-state index contributed by atoms with van der Waals surface area (Å²) in [6.07, 6.45) is 2.19. The van der Waals surface area contributed by atoms with Gasteiger partial charge in [-0.2, -0.15) is 10.2 Å². The fourth-order valence-corrected chi connectivity index (χ4v) is 3.79. The second kappa shape index (κ2) is 7.46. The van der Waals surface area contributed by atoms with Gasteiger partial charge >= 0.3 is 5.69 Å².